The summed E-state index contributed by atoms with van der Waals surface area (Å²) >= 11 is 12.6. The highest BCUT2D eigenvalue weighted by molar-refractivity contribution is 6.42. The molecule has 3 unspecified atom stereocenters. The molecule has 0 spiro atoms. The fourth-order valence-electron chi connectivity index (χ4n) is 3.83. The molecule has 24 heavy (non-hydrogen) atoms. The summed E-state index contributed by atoms with van der Waals surface area (Å²) in [6.07, 6.45) is 5.17. The van der Waals surface area contributed by atoms with E-state index in [4.69, 9.17) is 23.2 Å². The molecule has 1 heterocycles. The summed E-state index contributed by atoms with van der Waals surface area (Å²) < 4.78 is 0. The molecular weight excluding hydrogens is 347 g/mol. The molecule has 1 N–H and O–H groups in total. The molecule has 2 aromatic rings. The Kier molecular flexibility index (Phi) is 3.74. The van der Waals surface area contributed by atoms with Crippen molar-refractivity contribution in [1.29, 1.82) is 0 Å². The Morgan fingerprint density at radius 3 is 2.67 bits per heavy atom. The van der Waals surface area contributed by atoms with Crippen LogP contribution in [0.25, 0.3) is 0 Å². The van der Waals surface area contributed by atoms with Crippen molar-refractivity contribution < 1.29 is 4.92 Å². The zero-order valence-corrected chi connectivity index (χ0v) is 14.1. The summed E-state index contributed by atoms with van der Waals surface area (Å²) in [5.41, 5.74) is 2.52. The maximum atomic E-state index is 11.4. The fourth-order valence-corrected chi connectivity index (χ4v) is 4.25. The Labute approximate surface area is 149 Å². The van der Waals surface area contributed by atoms with Crippen molar-refractivity contribution in [3.8, 4) is 0 Å². The van der Waals surface area contributed by atoms with Gasteiger partial charge in [0.1, 0.15) is 5.69 Å². The predicted octanol–water partition coefficient (Wildman–Crippen LogP) is 5.73. The van der Waals surface area contributed by atoms with Gasteiger partial charge in [0.25, 0.3) is 5.69 Å². The van der Waals surface area contributed by atoms with E-state index in [0.29, 0.717) is 15.7 Å². The molecule has 0 bridgehead atoms. The average Bonchev–Trinajstić information content (AvgIpc) is 3.06. The van der Waals surface area contributed by atoms with Gasteiger partial charge in [0.05, 0.1) is 21.0 Å². The minimum Gasteiger partial charge on any atom is -0.372 e. The van der Waals surface area contributed by atoms with E-state index in [0.717, 1.165) is 17.5 Å². The fraction of sp³-hybridized carbons (Fsp3) is 0.222. The monoisotopic (exact) mass is 360 g/mol. The largest absolute Gasteiger partial charge is 0.372 e. The molecule has 0 saturated heterocycles. The normalized spacial score (nSPS) is 24.2. The first-order chi connectivity index (χ1) is 11.6. The number of para-hydroxylation sites is 1. The zero-order chi connectivity index (χ0) is 16.8. The number of nitro groups is 1. The number of anilines is 1. The van der Waals surface area contributed by atoms with Gasteiger partial charge >= 0.3 is 0 Å². The SMILES string of the molecule is O=[N+]([O-])c1cccc2c1NC(c1cccc(Cl)c1Cl)C1CC=CC21. The van der Waals surface area contributed by atoms with Gasteiger partial charge in [-0.1, -0.05) is 59.6 Å². The van der Waals surface area contributed by atoms with Crippen molar-refractivity contribution in [2.75, 3.05) is 5.32 Å². The summed E-state index contributed by atoms with van der Waals surface area (Å²) in [5, 5.41) is 15.8. The van der Waals surface area contributed by atoms with Gasteiger partial charge in [-0.25, -0.2) is 0 Å². The topological polar surface area (TPSA) is 55.2 Å². The van der Waals surface area contributed by atoms with Crippen LogP contribution >= 0.6 is 23.2 Å². The van der Waals surface area contributed by atoms with Crippen molar-refractivity contribution in [3.63, 3.8) is 0 Å². The summed E-state index contributed by atoms with van der Waals surface area (Å²) in [5.74, 6) is 0.400. The van der Waals surface area contributed by atoms with E-state index < -0.39 is 0 Å². The molecule has 0 saturated carbocycles. The second kappa shape index (κ2) is 5.80. The van der Waals surface area contributed by atoms with Gasteiger partial charge < -0.3 is 5.32 Å². The molecule has 3 atom stereocenters. The van der Waals surface area contributed by atoms with E-state index in [1.165, 1.54) is 6.07 Å². The van der Waals surface area contributed by atoms with Crippen molar-refractivity contribution in [3.05, 3.63) is 79.8 Å². The van der Waals surface area contributed by atoms with Gasteiger partial charge in [-0.15, -0.1) is 0 Å². The molecule has 2 aliphatic rings. The Morgan fingerprint density at radius 1 is 1.12 bits per heavy atom. The zero-order valence-electron chi connectivity index (χ0n) is 12.6. The van der Waals surface area contributed by atoms with E-state index in [2.05, 4.69) is 17.5 Å². The average molecular weight is 361 g/mol. The number of benzene rings is 2. The van der Waals surface area contributed by atoms with Crippen molar-refractivity contribution >= 4 is 34.6 Å². The summed E-state index contributed by atoms with van der Waals surface area (Å²) in [4.78, 5) is 11.1. The number of fused-ring (bicyclic) bond motifs is 3. The molecule has 4 rings (SSSR count). The van der Waals surface area contributed by atoms with Gasteiger partial charge in [-0.05, 0) is 29.5 Å². The number of halogens is 2. The summed E-state index contributed by atoms with van der Waals surface area (Å²) in [6.45, 7) is 0. The maximum Gasteiger partial charge on any atom is 0.292 e. The van der Waals surface area contributed by atoms with Crippen LogP contribution in [0.3, 0.4) is 0 Å². The second-order valence-corrected chi connectivity index (χ2v) is 6.90. The molecule has 4 nitrogen and oxygen atoms in total. The van der Waals surface area contributed by atoms with E-state index in [1.54, 1.807) is 12.1 Å². The highest BCUT2D eigenvalue weighted by atomic mass is 35.5. The van der Waals surface area contributed by atoms with Crippen LogP contribution in [0.15, 0.2) is 48.6 Å². The third-order valence-electron chi connectivity index (χ3n) is 4.89. The minimum absolute atomic E-state index is 0.0920. The predicted molar refractivity (Wildman–Crippen MR) is 95.9 cm³/mol. The molecule has 0 aromatic heterocycles. The van der Waals surface area contributed by atoms with Crippen LogP contribution in [-0.2, 0) is 0 Å². The molecule has 1 aliphatic carbocycles. The number of hydrogen-bond donors (Lipinski definition) is 1. The van der Waals surface area contributed by atoms with Crippen LogP contribution in [0.2, 0.25) is 10.0 Å². The number of nitrogens with one attached hydrogen (secondary N) is 1. The molecule has 0 radical (unpaired) electrons. The van der Waals surface area contributed by atoms with Crippen molar-refractivity contribution in [2.24, 2.45) is 5.92 Å². The van der Waals surface area contributed by atoms with Crippen LogP contribution in [0.1, 0.15) is 29.5 Å². The van der Waals surface area contributed by atoms with Crippen LogP contribution in [0.5, 0.6) is 0 Å². The second-order valence-electron chi connectivity index (χ2n) is 6.12. The molecular formula is C18H14Cl2N2O2. The smallest absolute Gasteiger partial charge is 0.292 e. The van der Waals surface area contributed by atoms with Gasteiger partial charge in [-0.3, -0.25) is 10.1 Å². The molecule has 122 valence electrons. The third-order valence-corrected chi connectivity index (χ3v) is 5.72. The first-order valence-corrected chi connectivity index (χ1v) is 8.48. The number of nitro benzene ring substituents is 1. The highest BCUT2D eigenvalue weighted by Crippen LogP contribution is 2.53. The Balaban J connectivity index is 1.88. The van der Waals surface area contributed by atoms with Crippen LogP contribution in [0.4, 0.5) is 11.4 Å². The Bertz CT molecular complexity index is 866. The third kappa shape index (κ3) is 2.29. The highest BCUT2D eigenvalue weighted by Gasteiger charge is 2.41. The minimum atomic E-state index is -0.346. The molecule has 1 aliphatic heterocycles. The van der Waals surface area contributed by atoms with E-state index in [9.17, 15) is 10.1 Å². The standard InChI is InChI=1S/C18H14Cl2N2O2/c19-14-8-2-7-13(16(14)20)17-11-5-1-4-10(11)12-6-3-9-15(22(23)24)18(12)21-17/h1-4,6-11,17,21H,5H2. The van der Waals surface area contributed by atoms with E-state index >= 15 is 0 Å². The lowest BCUT2D eigenvalue weighted by atomic mass is 9.77. The van der Waals surface area contributed by atoms with Crippen LogP contribution < -0.4 is 5.32 Å². The van der Waals surface area contributed by atoms with Gasteiger partial charge in [0, 0.05) is 12.0 Å². The molecule has 0 fully saturated rings. The Hall–Kier alpha value is -2.04. The number of allylic oxidation sites excluding steroid dienone is 2. The van der Waals surface area contributed by atoms with Gasteiger partial charge in [0.2, 0.25) is 0 Å². The van der Waals surface area contributed by atoms with E-state index in [1.807, 2.05) is 18.2 Å². The van der Waals surface area contributed by atoms with E-state index in [-0.39, 0.29) is 28.5 Å². The van der Waals surface area contributed by atoms with Crippen LogP contribution in [-0.4, -0.2) is 4.92 Å². The van der Waals surface area contributed by atoms with Crippen molar-refractivity contribution in [2.45, 2.75) is 18.4 Å². The van der Waals surface area contributed by atoms with Crippen molar-refractivity contribution in [1.82, 2.24) is 0 Å². The lowest BCUT2D eigenvalue weighted by Crippen LogP contribution is -2.29. The number of rotatable bonds is 2. The Morgan fingerprint density at radius 2 is 1.88 bits per heavy atom. The maximum absolute atomic E-state index is 11.4. The molecule has 2 aromatic carbocycles. The van der Waals surface area contributed by atoms with Gasteiger partial charge in [-0.2, -0.15) is 0 Å². The number of hydrogen-bond acceptors (Lipinski definition) is 3. The lowest BCUT2D eigenvalue weighted by molar-refractivity contribution is -0.384. The quantitative estimate of drug-likeness (QED) is 0.422. The van der Waals surface area contributed by atoms with Crippen LogP contribution in [0, 0.1) is 16.0 Å². The molecule has 6 heteroatoms. The molecule has 0 amide bonds. The lowest BCUT2D eigenvalue weighted by Gasteiger charge is -2.37. The van der Waals surface area contributed by atoms with Gasteiger partial charge in [0.15, 0.2) is 0 Å². The summed E-state index contributed by atoms with van der Waals surface area (Å²) in [6, 6.07) is 10.6. The number of nitrogens with zero attached hydrogens (tertiary/aromatic N) is 1. The summed E-state index contributed by atoms with van der Waals surface area (Å²) in [7, 11) is 0. The first-order valence-electron chi connectivity index (χ1n) is 7.72. The first kappa shape index (κ1) is 15.5.